The summed E-state index contributed by atoms with van der Waals surface area (Å²) in [5, 5.41) is 0. The van der Waals surface area contributed by atoms with Crippen LogP contribution in [-0.4, -0.2) is 15.6 Å². The smallest absolute Gasteiger partial charge is 0.176 e. The van der Waals surface area contributed by atoms with Gasteiger partial charge in [-0.2, -0.15) is 0 Å². The molecular formula is C12H15N3O. The van der Waals surface area contributed by atoms with Crippen LogP contribution in [0, 0.1) is 6.92 Å². The summed E-state index contributed by atoms with van der Waals surface area (Å²) in [6.45, 7) is 2.78. The number of rotatable bonds is 1. The summed E-state index contributed by atoms with van der Waals surface area (Å²) in [5.41, 5.74) is 7.24. The highest BCUT2D eigenvalue weighted by Gasteiger charge is 2.20. The molecular weight excluding hydrogens is 202 g/mol. The van der Waals surface area contributed by atoms with Crippen molar-refractivity contribution in [2.75, 3.05) is 0 Å². The first kappa shape index (κ1) is 9.66. The fraction of sp³-hybridized carbons (Fsp3) is 0.417. The molecule has 0 amide bonds. The average Bonchev–Trinajstić information content (AvgIpc) is 2.83. The zero-order chi connectivity index (χ0) is 11.1. The van der Waals surface area contributed by atoms with E-state index in [1.165, 1.54) is 5.69 Å². The minimum absolute atomic E-state index is 0.233. The van der Waals surface area contributed by atoms with Gasteiger partial charge in [-0.15, -0.1) is 0 Å². The Bertz CT molecular complexity index is 512. The Balaban J connectivity index is 2.06. The van der Waals surface area contributed by atoms with Gasteiger partial charge in [0.1, 0.15) is 5.76 Å². The van der Waals surface area contributed by atoms with Gasteiger partial charge in [-0.05, 0) is 31.9 Å². The van der Waals surface area contributed by atoms with Crippen LogP contribution in [0.1, 0.15) is 17.9 Å². The molecule has 0 saturated heterocycles. The van der Waals surface area contributed by atoms with Crippen molar-refractivity contribution < 1.29 is 4.42 Å². The number of hydrogen-bond acceptors (Lipinski definition) is 3. The molecule has 2 aromatic rings. The fourth-order valence-corrected chi connectivity index (χ4v) is 2.22. The molecule has 3 heterocycles. The molecule has 0 saturated carbocycles. The van der Waals surface area contributed by atoms with Gasteiger partial charge < -0.3 is 14.7 Å². The van der Waals surface area contributed by atoms with Crippen LogP contribution in [0.5, 0.6) is 0 Å². The molecule has 0 spiro atoms. The Morgan fingerprint density at radius 2 is 2.38 bits per heavy atom. The van der Waals surface area contributed by atoms with Crippen molar-refractivity contribution in [1.82, 2.24) is 9.55 Å². The highest BCUT2D eigenvalue weighted by Crippen LogP contribution is 2.25. The minimum atomic E-state index is 0.233. The predicted molar refractivity (Wildman–Crippen MR) is 61.0 cm³/mol. The molecule has 0 bridgehead atoms. The third-order valence-electron chi connectivity index (χ3n) is 3.09. The van der Waals surface area contributed by atoms with E-state index in [1.807, 2.05) is 25.3 Å². The molecule has 1 atom stereocenters. The molecule has 2 N–H and O–H groups in total. The third-order valence-corrected chi connectivity index (χ3v) is 3.09. The minimum Gasteiger partial charge on any atom is -0.458 e. The molecule has 0 fully saturated rings. The van der Waals surface area contributed by atoms with E-state index in [0.29, 0.717) is 0 Å². The summed E-state index contributed by atoms with van der Waals surface area (Å²) >= 11 is 0. The highest BCUT2D eigenvalue weighted by atomic mass is 16.3. The van der Waals surface area contributed by atoms with Gasteiger partial charge in [0, 0.05) is 24.5 Å². The topological polar surface area (TPSA) is 57.0 Å². The Labute approximate surface area is 94.1 Å². The number of nitrogens with zero attached hydrogens (tertiary/aromatic N) is 2. The standard InChI is InChI=1S/C12H15N3O/c1-8-2-5-11(16-8)12-14-6-10-4-3-9(13)7-15(10)12/h2,5-6,9H,3-4,7,13H2,1H3. The molecule has 84 valence electrons. The summed E-state index contributed by atoms with van der Waals surface area (Å²) in [5.74, 6) is 2.64. The van der Waals surface area contributed by atoms with Crippen molar-refractivity contribution in [2.45, 2.75) is 32.4 Å². The monoisotopic (exact) mass is 217 g/mol. The molecule has 4 heteroatoms. The fourth-order valence-electron chi connectivity index (χ4n) is 2.22. The van der Waals surface area contributed by atoms with E-state index in [9.17, 15) is 0 Å². The van der Waals surface area contributed by atoms with E-state index >= 15 is 0 Å². The summed E-state index contributed by atoms with van der Waals surface area (Å²) < 4.78 is 7.78. The Morgan fingerprint density at radius 3 is 3.12 bits per heavy atom. The van der Waals surface area contributed by atoms with Gasteiger partial charge >= 0.3 is 0 Å². The Kier molecular flexibility index (Phi) is 2.11. The second kappa shape index (κ2) is 3.49. The number of furan rings is 1. The molecule has 16 heavy (non-hydrogen) atoms. The summed E-state index contributed by atoms with van der Waals surface area (Å²) in [6, 6.07) is 4.15. The summed E-state index contributed by atoms with van der Waals surface area (Å²) in [6.07, 6.45) is 3.98. The maximum Gasteiger partial charge on any atom is 0.176 e. The zero-order valence-electron chi connectivity index (χ0n) is 9.31. The third kappa shape index (κ3) is 1.46. The van der Waals surface area contributed by atoms with Gasteiger partial charge in [-0.3, -0.25) is 0 Å². The lowest BCUT2D eigenvalue weighted by atomic mass is 10.1. The van der Waals surface area contributed by atoms with E-state index in [2.05, 4.69) is 9.55 Å². The van der Waals surface area contributed by atoms with Crippen LogP contribution in [0.4, 0.5) is 0 Å². The van der Waals surface area contributed by atoms with Gasteiger partial charge in [0.25, 0.3) is 0 Å². The SMILES string of the molecule is Cc1ccc(-c2ncc3n2CC(N)CC3)o1. The van der Waals surface area contributed by atoms with E-state index in [4.69, 9.17) is 10.2 Å². The summed E-state index contributed by atoms with van der Waals surface area (Å²) in [7, 11) is 0. The number of aryl methyl sites for hydroxylation is 2. The van der Waals surface area contributed by atoms with Crippen LogP contribution in [0.25, 0.3) is 11.6 Å². The number of fused-ring (bicyclic) bond motifs is 1. The van der Waals surface area contributed by atoms with Crippen LogP contribution >= 0.6 is 0 Å². The predicted octanol–water partition coefficient (Wildman–Crippen LogP) is 1.73. The molecule has 0 aliphatic carbocycles. The van der Waals surface area contributed by atoms with E-state index in [1.54, 1.807) is 0 Å². The quantitative estimate of drug-likeness (QED) is 0.791. The average molecular weight is 217 g/mol. The van der Waals surface area contributed by atoms with E-state index < -0.39 is 0 Å². The van der Waals surface area contributed by atoms with Crippen LogP contribution in [0.3, 0.4) is 0 Å². The number of nitrogens with two attached hydrogens (primary N) is 1. The van der Waals surface area contributed by atoms with Crippen LogP contribution in [0.2, 0.25) is 0 Å². The first-order chi connectivity index (χ1) is 7.74. The van der Waals surface area contributed by atoms with Gasteiger partial charge in [-0.25, -0.2) is 4.98 Å². The lowest BCUT2D eigenvalue weighted by Crippen LogP contribution is -2.31. The molecule has 1 aliphatic heterocycles. The molecule has 0 aromatic carbocycles. The summed E-state index contributed by atoms with van der Waals surface area (Å²) in [4.78, 5) is 4.43. The normalized spacial score (nSPS) is 19.8. The van der Waals surface area contributed by atoms with Crippen molar-refractivity contribution in [2.24, 2.45) is 5.73 Å². The second-order valence-electron chi connectivity index (χ2n) is 4.39. The maximum absolute atomic E-state index is 5.98. The van der Waals surface area contributed by atoms with Crippen LogP contribution in [-0.2, 0) is 13.0 Å². The van der Waals surface area contributed by atoms with Crippen LogP contribution in [0.15, 0.2) is 22.7 Å². The van der Waals surface area contributed by atoms with Gasteiger partial charge in [0.2, 0.25) is 0 Å². The van der Waals surface area contributed by atoms with Crippen molar-refractivity contribution >= 4 is 0 Å². The molecule has 3 rings (SSSR count). The lowest BCUT2D eigenvalue weighted by Gasteiger charge is -2.21. The molecule has 1 aliphatic rings. The Hall–Kier alpha value is -1.55. The molecule has 1 unspecified atom stereocenters. The second-order valence-corrected chi connectivity index (χ2v) is 4.39. The maximum atomic E-state index is 5.98. The largest absolute Gasteiger partial charge is 0.458 e. The zero-order valence-corrected chi connectivity index (χ0v) is 9.31. The van der Waals surface area contributed by atoms with Crippen molar-refractivity contribution in [1.29, 1.82) is 0 Å². The van der Waals surface area contributed by atoms with E-state index in [0.717, 1.165) is 36.7 Å². The highest BCUT2D eigenvalue weighted by molar-refractivity contribution is 5.49. The van der Waals surface area contributed by atoms with Gasteiger partial charge in [0.15, 0.2) is 11.6 Å². The first-order valence-electron chi connectivity index (χ1n) is 5.61. The first-order valence-corrected chi connectivity index (χ1v) is 5.61. The molecule has 2 aromatic heterocycles. The molecule has 4 nitrogen and oxygen atoms in total. The number of imidazole rings is 1. The van der Waals surface area contributed by atoms with Crippen molar-refractivity contribution in [3.05, 3.63) is 29.8 Å². The van der Waals surface area contributed by atoms with Crippen LogP contribution < -0.4 is 5.73 Å². The number of aromatic nitrogens is 2. The van der Waals surface area contributed by atoms with E-state index in [-0.39, 0.29) is 6.04 Å². The van der Waals surface area contributed by atoms with Crippen molar-refractivity contribution in [3.63, 3.8) is 0 Å². The Morgan fingerprint density at radius 1 is 1.50 bits per heavy atom. The molecule has 0 radical (unpaired) electrons. The van der Waals surface area contributed by atoms with Gasteiger partial charge in [-0.1, -0.05) is 0 Å². The van der Waals surface area contributed by atoms with Crippen molar-refractivity contribution in [3.8, 4) is 11.6 Å². The number of hydrogen-bond donors (Lipinski definition) is 1. The van der Waals surface area contributed by atoms with Gasteiger partial charge in [0.05, 0.1) is 0 Å². The lowest BCUT2D eigenvalue weighted by molar-refractivity contribution is 0.457.